The van der Waals surface area contributed by atoms with Gasteiger partial charge in [-0.25, -0.2) is 4.98 Å². The number of nitrogens with one attached hydrogen (secondary N) is 1. The van der Waals surface area contributed by atoms with Crippen LogP contribution < -0.4 is 0 Å². The number of hydrogen-bond acceptors (Lipinski definition) is 1. The Morgan fingerprint density at radius 3 is 2.70 bits per heavy atom. The van der Waals surface area contributed by atoms with Crippen molar-refractivity contribution in [3.8, 4) is 11.8 Å². The Labute approximate surface area is 124 Å². The molecule has 0 aliphatic carbocycles. The second kappa shape index (κ2) is 6.79. The van der Waals surface area contributed by atoms with Crippen LogP contribution in [-0.4, -0.2) is 9.97 Å². The van der Waals surface area contributed by atoms with Crippen molar-refractivity contribution in [2.75, 3.05) is 0 Å². The van der Waals surface area contributed by atoms with Gasteiger partial charge in [-0.3, -0.25) is 0 Å². The Bertz CT molecular complexity index is 703. The summed E-state index contributed by atoms with van der Waals surface area (Å²) in [5, 5.41) is 1.26. The summed E-state index contributed by atoms with van der Waals surface area (Å²) in [7, 11) is 0. The van der Waals surface area contributed by atoms with E-state index in [9.17, 15) is 0 Å². The first-order chi connectivity index (χ1) is 9.42. The number of rotatable bonds is 2. The third kappa shape index (κ3) is 3.40. The highest BCUT2D eigenvalue weighted by molar-refractivity contribution is 5.85. The molecule has 3 heteroatoms. The van der Waals surface area contributed by atoms with Crippen LogP contribution in [-0.2, 0) is 6.42 Å². The molecule has 0 radical (unpaired) electrons. The van der Waals surface area contributed by atoms with E-state index in [-0.39, 0.29) is 12.4 Å². The summed E-state index contributed by atoms with van der Waals surface area (Å²) in [6.45, 7) is 0. The van der Waals surface area contributed by atoms with Gasteiger partial charge in [0.25, 0.3) is 0 Å². The Kier molecular flexibility index (Phi) is 4.81. The Balaban J connectivity index is 0.00000147. The number of para-hydroxylation sites is 1. The van der Waals surface area contributed by atoms with Gasteiger partial charge in [0.05, 0.1) is 0 Å². The number of nitrogens with zero attached hydrogens (tertiary/aromatic N) is 1. The van der Waals surface area contributed by atoms with E-state index in [1.807, 2.05) is 24.3 Å². The molecule has 0 fully saturated rings. The third-order valence-corrected chi connectivity index (χ3v) is 2.99. The molecule has 0 aliphatic heterocycles. The van der Waals surface area contributed by atoms with Crippen molar-refractivity contribution in [2.45, 2.75) is 12.8 Å². The highest BCUT2D eigenvalue weighted by atomic mass is 35.5. The molecular formula is C17H15ClN2. The molecule has 1 aromatic carbocycles. The first-order valence-electron chi connectivity index (χ1n) is 6.38. The number of aromatic amines is 1. The molecule has 1 N–H and O–H groups in total. The van der Waals surface area contributed by atoms with E-state index >= 15 is 0 Å². The minimum absolute atomic E-state index is 0. The molecule has 3 rings (SSSR count). The second-order valence-electron chi connectivity index (χ2n) is 4.40. The van der Waals surface area contributed by atoms with Gasteiger partial charge < -0.3 is 4.98 Å². The third-order valence-electron chi connectivity index (χ3n) is 2.99. The first-order valence-corrected chi connectivity index (χ1v) is 6.38. The van der Waals surface area contributed by atoms with Gasteiger partial charge in [0.2, 0.25) is 0 Å². The number of hydrogen-bond donors (Lipinski definition) is 1. The van der Waals surface area contributed by atoms with Gasteiger partial charge in [-0.05, 0) is 42.0 Å². The number of H-pyrrole nitrogens is 1. The minimum atomic E-state index is 0. The number of fused-ring (bicyclic) bond motifs is 1. The van der Waals surface area contributed by atoms with Gasteiger partial charge in [-0.15, -0.1) is 12.4 Å². The SMILES string of the molecule is C(#Cc1ccccn1)CCc1cc2ccccc2[nH]1.Cl. The average molecular weight is 283 g/mol. The van der Waals surface area contributed by atoms with Crippen molar-refractivity contribution >= 4 is 23.3 Å². The highest BCUT2D eigenvalue weighted by Gasteiger charge is 1.98. The fourth-order valence-electron chi connectivity index (χ4n) is 2.06. The van der Waals surface area contributed by atoms with Crippen molar-refractivity contribution < 1.29 is 0 Å². The molecule has 100 valence electrons. The summed E-state index contributed by atoms with van der Waals surface area (Å²) in [6, 6.07) is 16.3. The predicted molar refractivity (Wildman–Crippen MR) is 85.0 cm³/mol. The van der Waals surface area contributed by atoms with E-state index in [4.69, 9.17) is 0 Å². The van der Waals surface area contributed by atoms with E-state index in [0.717, 1.165) is 18.5 Å². The second-order valence-corrected chi connectivity index (χ2v) is 4.40. The fraction of sp³-hybridized carbons (Fsp3) is 0.118. The lowest BCUT2D eigenvalue weighted by Crippen LogP contribution is -1.83. The summed E-state index contributed by atoms with van der Waals surface area (Å²) < 4.78 is 0. The van der Waals surface area contributed by atoms with Gasteiger partial charge >= 0.3 is 0 Å². The normalized spacial score (nSPS) is 9.60. The topological polar surface area (TPSA) is 28.7 Å². The highest BCUT2D eigenvalue weighted by Crippen LogP contribution is 2.15. The zero-order chi connectivity index (χ0) is 12.9. The summed E-state index contributed by atoms with van der Waals surface area (Å²) in [6.07, 6.45) is 3.54. The van der Waals surface area contributed by atoms with E-state index in [1.54, 1.807) is 6.20 Å². The maximum atomic E-state index is 4.18. The summed E-state index contributed by atoms with van der Waals surface area (Å²) >= 11 is 0. The molecular weight excluding hydrogens is 268 g/mol. The van der Waals surface area contributed by atoms with Crippen LogP contribution in [0.1, 0.15) is 17.8 Å². The molecule has 0 amide bonds. The van der Waals surface area contributed by atoms with Crippen LogP contribution in [0.5, 0.6) is 0 Å². The van der Waals surface area contributed by atoms with Crippen LogP contribution in [0.15, 0.2) is 54.7 Å². The van der Waals surface area contributed by atoms with Crippen molar-refractivity contribution in [1.82, 2.24) is 9.97 Å². The smallest absolute Gasteiger partial charge is 0.113 e. The molecule has 2 nitrogen and oxygen atoms in total. The molecule has 0 saturated carbocycles. The lowest BCUT2D eigenvalue weighted by atomic mass is 10.2. The Hall–Kier alpha value is -2.24. The van der Waals surface area contributed by atoms with E-state index < -0.39 is 0 Å². The van der Waals surface area contributed by atoms with E-state index in [0.29, 0.717) is 0 Å². The summed E-state index contributed by atoms with van der Waals surface area (Å²) in [5.41, 5.74) is 3.26. The zero-order valence-electron chi connectivity index (χ0n) is 11.0. The lowest BCUT2D eigenvalue weighted by Gasteiger charge is -1.90. The average Bonchev–Trinajstić information content (AvgIpc) is 2.87. The molecule has 0 saturated heterocycles. The van der Waals surface area contributed by atoms with Gasteiger partial charge in [-0.2, -0.15) is 0 Å². The molecule has 2 heterocycles. The molecule has 3 aromatic rings. The quantitative estimate of drug-likeness (QED) is 0.708. The van der Waals surface area contributed by atoms with Crippen molar-refractivity contribution in [1.29, 1.82) is 0 Å². The van der Waals surface area contributed by atoms with E-state index in [2.05, 4.69) is 46.1 Å². The Morgan fingerprint density at radius 1 is 1.05 bits per heavy atom. The van der Waals surface area contributed by atoms with Gasteiger partial charge in [0.15, 0.2) is 0 Å². The van der Waals surface area contributed by atoms with Crippen LogP contribution >= 0.6 is 12.4 Å². The minimum Gasteiger partial charge on any atom is -0.358 e. The fourth-order valence-corrected chi connectivity index (χ4v) is 2.06. The summed E-state index contributed by atoms with van der Waals surface area (Å²) in [4.78, 5) is 7.59. The number of halogens is 1. The number of aromatic nitrogens is 2. The Morgan fingerprint density at radius 2 is 1.90 bits per heavy atom. The van der Waals surface area contributed by atoms with E-state index in [1.165, 1.54) is 16.6 Å². The van der Waals surface area contributed by atoms with Crippen molar-refractivity contribution in [3.05, 3.63) is 66.1 Å². The molecule has 0 unspecified atom stereocenters. The monoisotopic (exact) mass is 282 g/mol. The van der Waals surface area contributed by atoms with Crippen molar-refractivity contribution in [3.63, 3.8) is 0 Å². The standard InChI is InChI=1S/C17H14N2.ClH/c1-4-11-17-14(7-1)13-16(19-17)10-3-2-8-15-9-5-6-12-18-15;/h1,4-7,9,11-13,19H,3,10H2;1H. The van der Waals surface area contributed by atoms with Crippen LogP contribution in [0.3, 0.4) is 0 Å². The van der Waals surface area contributed by atoms with Crippen molar-refractivity contribution in [2.24, 2.45) is 0 Å². The number of benzene rings is 1. The van der Waals surface area contributed by atoms with Crippen LogP contribution in [0.4, 0.5) is 0 Å². The molecule has 0 spiro atoms. The maximum Gasteiger partial charge on any atom is 0.113 e. The molecule has 0 bridgehead atoms. The first kappa shape index (κ1) is 14.2. The zero-order valence-corrected chi connectivity index (χ0v) is 11.8. The summed E-state index contributed by atoms with van der Waals surface area (Å²) in [5.74, 6) is 6.24. The number of pyridine rings is 1. The number of aryl methyl sites for hydroxylation is 1. The van der Waals surface area contributed by atoms with Crippen LogP contribution in [0.2, 0.25) is 0 Å². The largest absolute Gasteiger partial charge is 0.358 e. The van der Waals surface area contributed by atoms with Crippen LogP contribution in [0, 0.1) is 11.8 Å². The van der Waals surface area contributed by atoms with Gasteiger partial charge in [0, 0.05) is 23.8 Å². The van der Waals surface area contributed by atoms with Crippen LogP contribution in [0.25, 0.3) is 10.9 Å². The van der Waals surface area contributed by atoms with Gasteiger partial charge in [0.1, 0.15) is 5.69 Å². The molecule has 0 atom stereocenters. The lowest BCUT2D eigenvalue weighted by molar-refractivity contribution is 0.986. The molecule has 0 aliphatic rings. The maximum absolute atomic E-state index is 4.18. The molecule has 20 heavy (non-hydrogen) atoms. The molecule has 2 aromatic heterocycles. The predicted octanol–water partition coefficient (Wildman–Crippen LogP) is 3.97. The van der Waals surface area contributed by atoms with Gasteiger partial charge in [-0.1, -0.05) is 30.2 Å².